The van der Waals surface area contributed by atoms with E-state index in [1.54, 1.807) is 6.26 Å². The Labute approximate surface area is 108 Å². The van der Waals surface area contributed by atoms with Crippen LogP contribution in [-0.2, 0) is 10.8 Å². The standard InChI is InChI=1S/C14H25NOS/c1-10(17(3)16)6-7-15-11(2)14-9-12-4-5-13(14)8-12/h4-5,10-15H,6-9H2,1-3H3. The maximum atomic E-state index is 11.3. The molecule has 1 N–H and O–H groups in total. The van der Waals surface area contributed by atoms with Gasteiger partial charge in [-0.3, -0.25) is 4.21 Å². The Morgan fingerprint density at radius 2 is 2.12 bits per heavy atom. The van der Waals surface area contributed by atoms with Crippen molar-refractivity contribution < 1.29 is 4.21 Å². The molecule has 0 amide bonds. The van der Waals surface area contributed by atoms with Crippen molar-refractivity contribution in [1.82, 2.24) is 5.32 Å². The summed E-state index contributed by atoms with van der Waals surface area (Å²) in [5.74, 6) is 2.50. The molecule has 0 heterocycles. The molecule has 98 valence electrons. The second-order valence-electron chi connectivity index (χ2n) is 5.78. The first-order chi connectivity index (χ1) is 8.08. The summed E-state index contributed by atoms with van der Waals surface area (Å²) < 4.78 is 11.3. The van der Waals surface area contributed by atoms with E-state index in [9.17, 15) is 4.21 Å². The Morgan fingerprint density at radius 3 is 2.65 bits per heavy atom. The van der Waals surface area contributed by atoms with Crippen molar-refractivity contribution in [2.45, 2.75) is 44.4 Å². The SMILES string of the molecule is CC(NCCC(C)S(C)=O)C1CC2C=CC1C2. The number of hydrogen-bond donors (Lipinski definition) is 1. The van der Waals surface area contributed by atoms with Gasteiger partial charge in [0.2, 0.25) is 0 Å². The van der Waals surface area contributed by atoms with Crippen LogP contribution in [0.2, 0.25) is 0 Å². The summed E-state index contributed by atoms with van der Waals surface area (Å²) in [4.78, 5) is 0. The van der Waals surface area contributed by atoms with Gasteiger partial charge >= 0.3 is 0 Å². The molecule has 0 aromatic heterocycles. The van der Waals surface area contributed by atoms with Crippen LogP contribution < -0.4 is 5.32 Å². The minimum Gasteiger partial charge on any atom is -0.314 e. The van der Waals surface area contributed by atoms with Crippen LogP contribution in [0.1, 0.15) is 33.1 Å². The first-order valence-corrected chi connectivity index (χ1v) is 8.44. The van der Waals surface area contributed by atoms with E-state index in [1.165, 1.54) is 12.8 Å². The third kappa shape index (κ3) is 3.19. The molecule has 2 bridgehead atoms. The normalized spacial score (nSPS) is 36.1. The summed E-state index contributed by atoms with van der Waals surface area (Å²) in [5, 5.41) is 3.94. The van der Waals surface area contributed by atoms with Crippen molar-refractivity contribution in [3.63, 3.8) is 0 Å². The molecule has 1 saturated carbocycles. The highest BCUT2D eigenvalue weighted by Crippen LogP contribution is 2.44. The zero-order chi connectivity index (χ0) is 12.4. The molecular weight excluding hydrogens is 230 g/mol. The van der Waals surface area contributed by atoms with E-state index in [2.05, 4.69) is 31.3 Å². The van der Waals surface area contributed by atoms with E-state index in [1.807, 2.05) is 0 Å². The van der Waals surface area contributed by atoms with Gasteiger partial charge in [0.15, 0.2) is 0 Å². The van der Waals surface area contributed by atoms with Gasteiger partial charge < -0.3 is 5.32 Å². The molecule has 0 aromatic rings. The van der Waals surface area contributed by atoms with Gasteiger partial charge in [-0.1, -0.05) is 19.1 Å². The fourth-order valence-electron chi connectivity index (χ4n) is 3.23. The quantitative estimate of drug-likeness (QED) is 0.738. The van der Waals surface area contributed by atoms with E-state index in [4.69, 9.17) is 0 Å². The van der Waals surface area contributed by atoms with E-state index in [0.717, 1.165) is 30.7 Å². The van der Waals surface area contributed by atoms with Gasteiger partial charge in [0.25, 0.3) is 0 Å². The first-order valence-electron chi connectivity index (χ1n) is 6.82. The third-order valence-corrected chi connectivity index (χ3v) is 5.93. The Bertz CT molecular complexity index is 315. The number of fused-ring (bicyclic) bond motifs is 2. The predicted octanol–water partition coefficient (Wildman–Crippen LogP) is 2.33. The van der Waals surface area contributed by atoms with Gasteiger partial charge in [-0.25, -0.2) is 0 Å². The minimum atomic E-state index is -0.680. The second kappa shape index (κ2) is 5.66. The minimum absolute atomic E-state index is 0.314. The van der Waals surface area contributed by atoms with Crippen LogP contribution in [-0.4, -0.2) is 28.3 Å². The van der Waals surface area contributed by atoms with Crippen LogP contribution in [0.3, 0.4) is 0 Å². The molecule has 6 unspecified atom stereocenters. The molecule has 6 atom stereocenters. The van der Waals surface area contributed by atoms with Gasteiger partial charge in [-0.15, -0.1) is 0 Å². The Balaban J connectivity index is 1.69. The zero-order valence-electron chi connectivity index (χ0n) is 11.2. The molecule has 3 heteroatoms. The highest BCUT2D eigenvalue weighted by Gasteiger charge is 2.38. The highest BCUT2D eigenvalue weighted by molar-refractivity contribution is 7.84. The van der Waals surface area contributed by atoms with Crippen molar-refractivity contribution in [2.75, 3.05) is 12.8 Å². The fourth-order valence-corrected chi connectivity index (χ4v) is 3.68. The number of allylic oxidation sites excluding steroid dienone is 2. The maximum absolute atomic E-state index is 11.3. The van der Waals surface area contributed by atoms with Crippen LogP contribution in [0.4, 0.5) is 0 Å². The fraction of sp³-hybridized carbons (Fsp3) is 0.857. The average Bonchev–Trinajstić information content (AvgIpc) is 2.90. The maximum Gasteiger partial charge on any atom is 0.0329 e. The molecule has 17 heavy (non-hydrogen) atoms. The van der Waals surface area contributed by atoms with Crippen LogP contribution in [0.15, 0.2) is 12.2 Å². The molecule has 1 fully saturated rings. The molecule has 2 aliphatic rings. The number of rotatable bonds is 6. The Morgan fingerprint density at radius 1 is 1.35 bits per heavy atom. The molecule has 0 radical (unpaired) electrons. The van der Waals surface area contributed by atoms with E-state index in [-0.39, 0.29) is 0 Å². The summed E-state index contributed by atoms with van der Waals surface area (Å²) in [6.07, 6.45) is 10.4. The Kier molecular flexibility index (Phi) is 4.42. The summed E-state index contributed by atoms with van der Waals surface area (Å²) in [6.45, 7) is 5.38. The lowest BCUT2D eigenvalue weighted by Gasteiger charge is -2.26. The van der Waals surface area contributed by atoms with Gasteiger partial charge in [0.1, 0.15) is 0 Å². The first kappa shape index (κ1) is 13.3. The van der Waals surface area contributed by atoms with Crippen LogP contribution in [0, 0.1) is 17.8 Å². The number of nitrogens with one attached hydrogen (secondary N) is 1. The molecule has 2 aliphatic carbocycles. The van der Waals surface area contributed by atoms with Crippen LogP contribution in [0.25, 0.3) is 0 Å². The smallest absolute Gasteiger partial charge is 0.0329 e. The van der Waals surface area contributed by atoms with Crippen molar-refractivity contribution in [2.24, 2.45) is 17.8 Å². The predicted molar refractivity (Wildman–Crippen MR) is 74.5 cm³/mol. The van der Waals surface area contributed by atoms with Crippen molar-refractivity contribution in [3.8, 4) is 0 Å². The number of hydrogen-bond acceptors (Lipinski definition) is 2. The Hall–Kier alpha value is -0.150. The molecular formula is C14H25NOS. The summed E-state index contributed by atoms with van der Waals surface area (Å²) in [7, 11) is -0.680. The molecule has 0 spiro atoms. The molecule has 2 nitrogen and oxygen atoms in total. The molecule has 0 aliphatic heterocycles. The third-order valence-electron chi connectivity index (χ3n) is 4.56. The van der Waals surface area contributed by atoms with Crippen molar-refractivity contribution in [3.05, 3.63) is 12.2 Å². The average molecular weight is 255 g/mol. The van der Waals surface area contributed by atoms with Gasteiger partial charge in [-0.05, 0) is 50.5 Å². The van der Waals surface area contributed by atoms with Crippen molar-refractivity contribution >= 4 is 10.8 Å². The van der Waals surface area contributed by atoms with E-state index < -0.39 is 10.8 Å². The van der Waals surface area contributed by atoms with Gasteiger partial charge in [0.05, 0.1) is 0 Å². The summed E-state index contributed by atoms with van der Waals surface area (Å²) in [5.41, 5.74) is 0. The van der Waals surface area contributed by atoms with Crippen LogP contribution >= 0.6 is 0 Å². The van der Waals surface area contributed by atoms with Gasteiger partial charge in [-0.2, -0.15) is 0 Å². The lowest BCUT2D eigenvalue weighted by molar-refractivity contribution is 0.327. The highest BCUT2D eigenvalue weighted by atomic mass is 32.2. The monoisotopic (exact) mass is 255 g/mol. The molecule has 0 saturated heterocycles. The topological polar surface area (TPSA) is 29.1 Å². The summed E-state index contributed by atoms with van der Waals surface area (Å²) in [6, 6.07) is 0.604. The lowest BCUT2D eigenvalue weighted by atomic mass is 9.87. The second-order valence-corrected chi connectivity index (χ2v) is 7.59. The van der Waals surface area contributed by atoms with Crippen molar-refractivity contribution in [1.29, 1.82) is 0 Å². The van der Waals surface area contributed by atoms with E-state index >= 15 is 0 Å². The molecule has 2 rings (SSSR count). The molecule has 0 aromatic carbocycles. The lowest BCUT2D eigenvalue weighted by Crippen LogP contribution is -2.37. The van der Waals surface area contributed by atoms with Crippen LogP contribution in [0.5, 0.6) is 0 Å². The summed E-state index contributed by atoms with van der Waals surface area (Å²) >= 11 is 0. The largest absolute Gasteiger partial charge is 0.314 e. The van der Waals surface area contributed by atoms with Gasteiger partial charge in [0, 0.05) is 28.3 Å². The zero-order valence-corrected chi connectivity index (χ0v) is 12.0. The van der Waals surface area contributed by atoms with E-state index in [0.29, 0.717) is 11.3 Å².